The minimum atomic E-state index is -0.887. The van der Waals surface area contributed by atoms with E-state index in [1.165, 1.54) is 19.3 Å². The van der Waals surface area contributed by atoms with Gasteiger partial charge in [0.25, 0.3) is 0 Å². The number of fused-ring (bicyclic) bond motifs is 2. The summed E-state index contributed by atoms with van der Waals surface area (Å²) in [5, 5.41) is 19.6. The second kappa shape index (κ2) is 8.15. The molecule has 2 N–H and O–H groups in total. The van der Waals surface area contributed by atoms with E-state index in [2.05, 4.69) is 6.08 Å². The van der Waals surface area contributed by atoms with E-state index in [1.807, 2.05) is 18.2 Å². The van der Waals surface area contributed by atoms with Crippen molar-refractivity contribution in [1.29, 1.82) is 0 Å². The van der Waals surface area contributed by atoms with Crippen LogP contribution in [0.2, 0.25) is 0 Å². The van der Waals surface area contributed by atoms with Gasteiger partial charge in [-0.25, -0.2) is 4.79 Å². The summed E-state index contributed by atoms with van der Waals surface area (Å²) in [6.07, 6.45) is 13.6. The maximum absolute atomic E-state index is 11.0. The van der Waals surface area contributed by atoms with E-state index in [4.69, 9.17) is 9.84 Å². The molecule has 2 saturated heterocycles. The standard InChI is InChI=1S/C23H30O4/c24-20(16-4-2-1-3-5-16)11-10-18-19(22-13-12-21(18)27-22)14-15-6-8-17(9-7-15)23(25)26/h6-11,16,18-22,24H,1-5,12-14H2,(H,25,26)/t18-,19+,20?,21-,22?/m0/s1. The molecule has 4 heteroatoms. The number of ether oxygens (including phenoxy) is 1. The molecule has 3 fully saturated rings. The lowest BCUT2D eigenvalue weighted by molar-refractivity contribution is 0.0696. The van der Waals surface area contributed by atoms with Gasteiger partial charge < -0.3 is 14.9 Å². The summed E-state index contributed by atoms with van der Waals surface area (Å²) >= 11 is 0. The molecule has 3 aliphatic rings. The lowest BCUT2D eigenvalue weighted by Gasteiger charge is -2.28. The third kappa shape index (κ3) is 4.12. The van der Waals surface area contributed by atoms with Crippen molar-refractivity contribution in [3.05, 3.63) is 47.5 Å². The van der Waals surface area contributed by atoms with Crippen molar-refractivity contribution < 1.29 is 19.7 Å². The molecule has 0 radical (unpaired) electrons. The Labute approximate surface area is 161 Å². The fraction of sp³-hybridized carbons (Fsp3) is 0.609. The van der Waals surface area contributed by atoms with Gasteiger partial charge in [0, 0.05) is 5.92 Å². The van der Waals surface area contributed by atoms with Gasteiger partial charge in [0.05, 0.1) is 23.9 Å². The lowest BCUT2D eigenvalue weighted by atomic mass is 9.75. The van der Waals surface area contributed by atoms with Gasteiger partial charge in [0.1, 0.15) is 0 Å². The Morgan fingerprint density at radius 2 is 1.78 bits per heavy atom. The molecule has 27 heavy (non-hydrogen) atoms. The number of aliphatic hydroxyl groups excluding tert-OH is 1. The van der Waals surface area contributed by atoms with Crippen LogP contribution >= 0.6 is 0 Å². The Bertz CT molecular complexity index is 674. The summed E-state index contributed by atoms with van der Waals surface area (Å²) in [6, 6.07) is 7.22. The van der Waals surface area contributed by atoms with E-state index < -0.39 is 5.97 Å². The van der Waals surface area contributed by atoms with E-state index in [0.717, 1.165) is 37.7 Å². The first kappa shape index (κ1) is 18.7. The van der Waals surface area contributed by atoms with Crippen LogP contribution in [-0.4, -0.2) is 34.5 Å². The highest BCUT2D eigenvalue weighted by atomic mass is 16.5. The van der Waals surface area contributed by atoms with Crippen LogP contribution in [0.1, 0.15) is 60.9 Å². The number of aromatic carboxylic acids is 1. The van der Waals surface area contributed by atoms with Gasteiger partial charge in [-0.2, -0.15) is 0 Å². The van der Waals surface area contributed by atoms with Crippen molar-refractivity contribution in [1.82, 2.24) is 0 Å². The molecule has 1 aromatic carbocycles. The van der Waals surface area contributed by atoms with Crippen molar-refractivity contribution in [2.24, 2.45) is 17.8 Å². The first-order valence-corrected chi connectivity index (χ1v) is 10.5. The highest BCUT2D eigenvalue weighted by Crippen LogP contribution is 2.45. The number of carboxylic acid groups (broad SMARTS) is 1. The maximum atomic E-state index is 11.0. The van der Waals surface area contributed by atoms with Crippen LogP contribution in [0.25, 0.3) is 0 Å². The molecule has 146 valence electrons. The van der Waals surface area contributed by atoms with Gasteiger partial charge in [0.2, 0.25) is 0 Å². The summed E-state index contributed by atoms with van der Waals surface area (Å²) in [5.74, 6) is 0.286. The number of hydrogen-bond acceptors (Lipinski definition) is 3. The Kier molecular flexibility index (Phi) is 5.65. The van der Waals surface area contributed by atoms with Gasteiger partial charge in [0.15, 0.2) is 0 Å². The Hall–Kier alpha value is -1.65. The van der Waals surface area contributed by atoms with E-state index >= 15 is 0 Å². The van der Waals surface area contributed by atoms with E-state index in [9.17, 15) is 9.90 Å². The fourth-order valence-corrected chi connectivity index (χ4v) is 5.28. The average molecular weight is 370 g/mol. The van der Waals surface area contributed by atoms with Gasteiger partial charge in [-0.1, -0.05) is 43.5 Å². The van der Waals surface area contributed by atoms with Crippen LogP contribution < -0.4 is 0 Å². The summed E-state index contributed by atoms with van der Waals surface area (Å²) in [4.78, 5) is 11.0. The molecular formula is C23H30O4. The van der Waals surface area contributed by atoms with Crippen molar-refractivity contribution in [3.8, 4) is 0 Å². The number of hydrogen-bond donors (Lipinski definition) is 2. The Balaban J connectivity index is 1.43. The molecule has 5 atom stereocenters. The largest absolute Gasteiger partial charge is 0.478 e. The molecular weight excluding hydrogens is 340 g/mol. The highest BCUT2D eigenvalue weighted by molar-refractivity contribution is 5.87. The van der Waals surface area contributed by atoms with Crippen molar-refractivity contribution in [2.75, 3.05) is 0 Å². The zero-order valence-corrected chi connectivity index (χ0v) is 15.8. The summed E-state index contributed by atoms with van der Waals surface area (Å²) < 4.78 is 6.18. The minimum absolute atomic E-state index is 0.271. The molecule has 2 unspecified atom stereocenters. The lowest BCUT2D eigenvalue weighted by Crippen LogP contribution is -2.28. The SMILES string of the molecule is O=C(O)c1ccc(C[C@H]2C3CC[C@H](O3)[C@H]2C=CC(O)C2CCCCC2)cc1. The number of rotatable bonds is 6. The molecule has 4 nitrogen and oxygen atoms in total. The first-order valence-electron chi connectivity index (χ1n) is 10.5. The highest BCUT2D eigenvalue weighted by Gasteiger charge is 2.47. The summed E-state index contributed by atoms with van der Waals surface area (Å²) in [5.41, 5.74) is 1.49. The monoisotopic (exact) mass is 370 g/mol. The molecule has 0 amide bonds. The first-order chi connectivity index (χ1) is 13.1. The molecule has 1 saturated carbocycles. The number of aliphatic hydroxyl groups is 1. The third-order valence-corrected chi connectivity index (χ3v) is 6.82. The van der Waals surface area contributed by atoms with Crippen LogP contribution in [0, 0.1) is 17.8 Å². The van der Waals surface area contributed by atoms with Gasteiger partial charge in [-0.3, -0.25) is 0 Å². The van der Waals surface area contributed by atoms with E-state index in [0.29, 0.717) is 23.3 Å². The zero-order valence-electron chi connectivity index (χ0n) is 15.8. The zero-order chi connectivity index (χ0) is 18.8. The van der Waals surface area contributed by atoms with E-state index in [-0.39, 0.29) is 18.3 Å². The molecule has 2 heterocycles. The van der Waals surface area contributed by atoms with Gasteiger partial charge in [-0.15, -0.1) is 0 Å². The normalized spacial score (nSPS) is 32.2. The Morgan fingerprint density at radius 1 is 1.07 bits per heavy atom. The second-order valence-corrected chi connectivity index (χ2v) is 8.51. The van der Waals surface area contributed by atoms with Gasteiger partial charge in [-0.05, 0) is 61.6 Å². The maximum Gasteiger partial charge on any atom is 0.335 e. The third-order valence-electron chi connectivity index (χ3n) is 6.82. The average Bonchev–Trinajstić information content (AvgIpc) is 3.29. The van der Waals surface area contributed by atoms with Crippen molar-refractivity contribution >= 4 is 5.97 Å². The molecule has 0 aromatic heterocycles. The molecule has 2 aliphatic heterocycles. The second-order valence-electron chi connectivity index (χ2n) is 8.51. The fourth-order valence-electron chi connectivity index (χ4n) is 5.28. The summed E-state index contributed by atoms with van der Waals surface area (Å²) in [6.45, 7) is 0. The topological polar surface area (TPSA) is 66.8 Å². The van der Waals surface area contributed by atoms with Gasteiger partial charge >= 0.3 is 5.97 Å². The quantitative estimate of drug-likeness (QED) is 0.736. The number of benzene rings is 1. The molecule has 0 spiro atoms. The van der Waals surface area contributed by atoms with Crippen LogP contribution in [0.4, 0.5) is 0 Å². The summed E-state index contributed by atoms with van der Waals surface area (Å²) in [7, 11) is 0. The molecule has 4 rings (SSSR count). The smallest absolute Gasteiger partial charge is 0.335 e. The molecule has 1 aliphatic carbocycles. The number of carbonyl (C=O) groups is 1. The van der Waals surface area contributed by atoms with Crippen LogP contribution in [0.5, 0.6) is 0 Å². The van der Waals surface area contributed by atoms with E-state index in [1.54, 1.807) is 12.1 Å². The van der Waals surface area contributed by atoms with Crippen molar-refractivity contribution in [2.45, 2.75) is 69.7 Å². The number of carboxylic acids is 1. The predicted molar refractivity (Wildman–Crippen MR) is 104 cm³/mol. The van der Waals surface area contributed by atoms with Crippen molar-refractivity contribution in [3.63, 3.8) is 0 Å². The van der Waals surface area contributed by atoms with Crippen LogP contribution in [0.15, 0.2) is 36.4 Å². The van der Waals surface area contributed by atoms with Crippen LogP contribution in [0.3, 0.4) is 0 Å². The minimum Gasteiger partial charge on any atom is -0.478 e. The molecule has 2 bridgehead atoms. The van der Waals surface area contributed by atoms with Crippen LogP contribution in [-0.2, 0) is 11.2 Å². The molecule has 1 aromatic rings. The predicted octanol–water partition coefficient (Wildman–Crippen LogP) is 4.22. The Morgan fingerprint density at radius 3 is 2.48 bits per heavy atom.